The fourth-order valence-corrected chi connectivity index (χ4v) is 8.52. The third kappa shape index (κ3) is 4.65. The Balaban J connectivity index is 1.03. The predicted octanol–water partition coefficient (Wildman–Crippen LogP) is 14.3. The van der Waals surface area contributed by atoms with Crippen molar-refractivity contribution in [2.24, 2.45) is 0 Å². The Morgan fingerprint density at radius 3 is 1.00 bits per heavy atom. The largest absolute Gasteiger partial charge is 0.455 e. The Labute approximate surface area is 307 Å². The lowest BCUT2D eigenvalue weighted by Gasteiger charge is -2.09. The molecule has 2 heterocycles. The molecule has 1 aliphatic rings. The molecule has 0 radical (unpaired) electrons. The van der Waals surface area contributed by atoms with E-state index in [1.165, 1.54) is 33.4 Å². The zero-order valence-electron chi connectivity index (χ0n) is 29.5. The maximum absolute atomic E-state index is 6.82. The van der Waals surface area contributed by atoms with E-state index < -0.39 is 0 Å². The second-order valence-corrected chi connectivity index (χ2v) is 14.6. The first-order chi connectivity index (χ1) is 26.1. The van der Waals surface area contributed by atoms with Crippen molar-refractivity contribution in [3.8, 4) is 55.6 Å². The van der Waals surface area contributed by atoms with Crippen LogP contribution in [0.1, 0.15) is 22.3 Å². The van der Waals surface area contributed by atoms with E-state index in [-0.39, 0.29) is 0 Å². The average Bonchev–Trinajstić information content (AvgIpc) is 3.89. The van der Waals surface area contributed by atoms with Crippen molar-refractivity contribution in [1.82, 2.24) is 0 Å². The summed E-state index contributed by atoms with van der Waals surface area (Å²) in [5.41, 5.74) is 20.6. The third-order valence-electron chi connectivity index (χ3n) is 11.3. The normalized spacial score (nSPS) is 12.3. The molecule has 1 aliphatic carbocycles. The Morgan fingerprint density at radius 1 is 0.321 bits per heavy atom. The zero-order chi connectivity index (χ0) is 35.2. The molecule has 2 nitrogen and oxygen atoms in total. The summed E-state index contributed by atoms with van der Waals surface area (Å²) in [6.45, 7) is 4.24. The van der Waals surface area contributed by atoms with E-state index in [1.54, 1.807) is 0 Å². The number of furan rings is 2. The summed E-state index contributed by atoms with van der Waals surface area (Å²) < 4.78 is 13.6. The highest BCUT2D eigenvalue weighted by molar-refractivity contribution is 6.14. The van der Waals surface area contributed by atoms with Crippen LogP contribution in [0.4, 0.5) is 0 Å². The highest BCUT2D eigenvalue weighted by Gasteiger charge is 2.23. The lowest BCUT2D eigenvalue weighted by molar-refractivity contribution is 0.670. The van der Waals surface area contributed by atoms with Gasteiger partial charge < -0.3 is 8.83 Å². The maximum atomic E-state index is 6.82. The first-order valence-corrected chi connectivity index (χ1v) is 18.4. The van der Waals surface area contributed by atoms with Crippen LogP contribution in [-0.2, 0) is 6.42 Å². The molecule has 8 aromatic carbocycles. The summed E-state index contributed by atoms with van der Waals surface area (Å²) >= 11 is 0. The molecule has 0 aliphatic heterocycles. The fraction of sp³-hybridized carbons (Fsp3) is 0.0588. The van der Waals surface area contributed by atoms with Gasteiger partial charge in [-0.15, -0.1) is 0 Å². The van der Waals surface area contributed by atoms with Crippen molar-refractivity contribution in [2.45, 2.75) is 20.3 Å². The molecule has 0 N–H and O–H groups in total. The highest BCUT2D eigenvalue weighted by atomic mass is 16.3. The minimum atomic E-state index is 0.925. The van der Waals surface area contributed by atoms with E-state index in [2.05, 4.69) is 172 Å². The summed E-state index contributed by atoms with van der Waals surface area (Å²) in [4.78, 5) is 0. The molecule has 0 saturated carbocycles. The van der Waals surface area contributed by atoms with Crippen LogP contribution in [0, 0.1) is 13.8 Å². The van der Waals surface area contributed by atoms with E-state index in [0.717, 1.165) is 94.8 Å². The first kappa shape index (κ1) is 30.0. The fourth-order valence-electron chi connectivity index (χ4n) is 8.52. The van der Waals surface area contributed by atoms with E-state index in [9.17, 15) is 0 Å². The van der Waals surface area contributed by atoms with Crippen LogP contribution in [0.25, 0.3) is 99.5 Å². The highest BCUT2D eigenvalue weighted by Crippen LogP contribution is 2.46. The summed E-state index contributed by atoms with van der Waals surface area (Å²) in [5, 5.41) is 4.56. The van der Waals surface area contributed by atoms with Gasteiger partial charge in [-0.1, -0.05) is 157 Å². The topological polar surface area (TPSA) is 26.3 Å². The van der Waals surface area contributed by atoms with Gasteiger partial charge in [0.15, 0.2) is 0 Å². The molecular formula is C51H34O2. The number of hydrogen-bond donors (Lipinski definition) is 0. The molecule has 0 spiro atoms. The number of fused-ring (bicyclic) bond motifs is 9. The minimum absolute atomic E-state index is 0.925. The third-order valence-corrected chi connectivity index (χ3v) is 11.3. The molecule has 2 aromatic heterocycles. The van der Waals surface area contributed by atoms with Gasteiger partial charge in [-0.2, -0.15) is 0 Å². The number of aryl methyl sites for hydroxylation is 2. The van der Waals surface area contributed by atoms with E-state index >= 15 is 0 Å². The van der Waals surface area contributed by atoms with Gasteiger partial charge in [0.1, 0.15) is 22.3 Å². The molecule has 0 atom stereocenters. The second-order valence-electron chi connectivity index (χ2n) is 14.6. The van der Waals surface area contributed by atoms with Crippen LogP contribution < -0.4 is 0 Å². The second kappa shape index (κ2) is 11.4. The van der Waals surface area contributed by atoms with Gasteiger partial charge in [-0.25, -0.2) is 0 Å². The van der Waals surface area contributed by atoms with E-state index in [1.807, 2.05) is 0 Å². The Bertz CT molecular complexity index is 2870. The van der Waals surface area contributed by atoms with Gasteiger partial charge in [0.25, 0.3) is 0 Å². The van der Waals surface area contributed by atoms with Gasteiger partial charge in [-0.3, -0.25) is 0 Å². The van der Waals surface area contributed by atoms with Crippen molar-refractivity contribution >= 4 is 43.9 Å². The average molecular weight is 679 g/mol. The lowest BCUT2D eigenvalue weighted by atomic mass is 9.95. The monoisotopic (exact) mass is 678 g/mol. The van der Waals surface area contributed by atoms with Crippen LogP contribution in [0.2, 0.25) is 0 Å². The van der Waals surface area contributed by atoms with Gasteiger partial charge in [0, 0.05) is 43.8 Å². The summed E-state index contributed by atoms with van der Waals surface area (Å²) in [7, 11) is 0. The number of rotatable bonds is 4. The van der Waals surface area contributed by atoms with E-state index in [4.69, 9.17) is 8.83 Å². The van der Waals surface area contributed by atoms with Crippen molar-refractivity contribution in [2.75, 3.05) is 0 Å². The molecule has 53 heavy (non-hydrogen) atoms. The first-order valence-electron chi connectivity index (χ1n) is 18.4. The predicted molar refractivity (Wildman–Crippen MR) is 220 cm³/mol. The minimum Gasteiger partial charge on any atom is -0.455 e. The molecule has 0 amide bonds. The summed E-state index contributed by atoms with van der Waals surface area (Å²) in [5.74, 6) is 0. The van der Waals surface area contributed by atoms with Crippen LogP contribution in [-0.4, -0.2) is 0 Å². The Hall–Kier alpha value is -6.64. The van der Waals surface area contributed by atoms with Crippen LogP contribution >= 0.6 is 0 Å². The molecule has 10 aromatic rings. The molecule has 250 valence electrons. The quantitative estimate of drug-likeness (QED) is 0.185. The van der Waals surface area contributed by atoms with Crippen molar-refractivity contribution < 1.29 is 8.83 Å². The van der Waals surface area contributed by atoms with E-state index in [0.29, 0.717) is 0 Å². The maximum Gasteiger partial charge on any atom is 0.143 e. The number of hydrogen-bond acceptors (Lipinski definition) is 2. The van der Waals surface area contributed by atoms with Crippen molar-refractivity contribution in [3.05, 3.63) is 180 Å². The Kier molecular flexibility index (Phi) is 6.48. The van der Waals surface area contributed by atoms with Gasteiger partial charge in [-0.05, 0) is 76.9 Å². The Morgan fingerprint density at radius 2 is 0.642 bits per heavy atom. The van der Waals surface area contributed by atoms with Crippen LogP contribution in [0.5, 0.6) is 0 Å². The van der Waals surface area contributed by atoms with Gasteiger partial charge in [0.05, 0.1) is 0 Å². The molecule has 2 heteroatoms. The molecule has 0 fully saturated rings. The number of benzene rings is 8. The zero-order valence-corrected chi connectivity index (χ0v) is 29.5. The van der Waals surface area contributed by atoms with Gasteiger partial charge in [0.2, 0.25) is 0 Å². The molecule has 0 bridgehead atoms. The van der Waals surface area contributed by atoms with Gasteiger partial charge >= 0.3 is 0 Å². The lowest BCUT2D eigenvalue weighted by Crippen LogP contribution is -1.84. The molecule has 11 rings (SSSR count). The molecule has 0 saturated heterocycles. The summed E-state index contributed by atoms with van der Waals surface area (Å²) in [6, 6.07) is 57.2. The molecular weight excluding hydrogens is 645 g/mol. The van der Waals surface area contributed by atoms with Crippen LogP contribution in [0.15, 0.2) is 167 Å². The summed E-state index contributed by atoms with van der Waals surface area (Å²) in [6.07, 6.45) is 0.925. The standard InChI is InChI=1S/C51H34O2/c1-30-15-19-32(20-16-30)38-7-3-11-42-44-13-5-9-40(50(44)52-48(38)42)36-25-23-34-27-35-24-26-37(29-47(35)46(34)28-36)41-10-6-14-45-43-12-4-8-39(49(43)53-51(41)45)33-21-17-31(2)18-22-33/h3-26,28-29H,27H2,1-2H3. The number of para-hydroxylation sites is 4. The van der Waals surface area contributed by atoms with Crippen molar-refractivity contribution in [1.29, 1.82) is 0 Å². The van der Waals surface area contributed by atoms with Crippen LogP contribution in [0.3, 0.4) is 0 Å². The smallest absolute Gasteiger partial charge is 0.143 e. The van der Waals surface area contributed by atoms with Crippen molar-refractivity contribution in [3.63, 3.8) is 0 Å². The molecule has 0 unspecified atom stereocenters. The SMILES string of the molecule is Cc1ccc(-c2cccc3c2oc2c(-c4ccc5c(c4)-c4cc(-c6cccc7c6oc6c(-c8ccc(C)cc8)cccc67)ccc4C5)cccc23)cc1.